The van der Waals surface area contributed by atoms with Gasteiger partial charge in [-0.1, -0.05) is 13.8 Å². The number of hydrogen-bond donors (Lipinski definition) is 0. The number of esters is 2. The van der Waals surface area contributed by atoms with E-state index in [9.17, 15) is 9.59 Å². The maximum absolute atomic E-state index is 11.4. The zero-order chi connectivity index (χ0) is 10.9. The molecule has 1 aliphatic rings. The van der Waals surface area contributed by atoms with E-state index in [4.69, 9.17) is 4.74 Å². The lowest BCUT2D eigenvalue weighted by molar-refractivity contribution is -0.149. The Kier molecular flexibility index (Phi) is 2.83. The number of carbonyl (C=O) groups excluding carboxylic acids is 2. The first-order valence-corrected chi connectivity index (χ1v) is 4.71. The summed E-state index contributed by atoms with van der Waals surface area (Å²) in [6, 6.07) is 0. The van der Waals surface area contributed by atoms with E-state index in [1.165, 1.54) is 7.11 Å². The number of ether oxygens (including phenoxy) is 2. The minimum Gasteiger partial charge on any atom is -0.469 e. The van der Waals surface area contributed by atoms with E-state index in [1.807, 2.05) is 13.8 Å². The van der Waals surface area contributed by atoms with Crippen LogP contribution in [0.1, 0.15) is 20.8 Å². The molecule has 0 spiro atoms. The van der Waals surface area contributed by atoms with Crippen LogP contribution >= 0.6 is 0 Å². The van der Waals surface area contributed by atoms with Crippen LogP contribution in [0.4, 0.5) is 0 Å². The maximum atomic E-state index is 11.4. The van der Waals surface area contributed by atoms with Crippen molar-refractivity contribution in [2.45, 2.75) is 20.8 Å². The highest BCUT2D eigenvalue weighted by molar-refractivity contribution is 5.89. The van der Waals surface area contributed by atoms with Crippen LogP contribution in [0.3, 0.4) is 0 Å². The molecular weight excluding hydrogens is 184 g/mol. The Morgan fingerprint density at radius 3 is 2.14 bits per heavy atom. The fraction of sp³-hybridized carbons (Fsp3) is 0.800. The molecule has 1 rings (SSSR count). The van der Waals surface area contributed by atoms with Gasteiger partial charge in [-0.25, -0.2) is 0 Å². The summed E-state index contributed by atoms with van der Waals surface area (Å²) in [4.78, 5) is 22.7. The molecule has 0 radical (unpaired) electrons. The number of hydrogen-bond acceptors (Lipinski definition) is 4. The lowest BCUT2D eigenvalue weighted by Gasteiger charge is -2.01. The highest BCUT2D eigenvalue weighted by Gasteiger charge is 2.67. The molecule has 4 heteroatoms. The topological polar surface area (TPSA) is 52.6 Å². The average molecular weight is 200 g/mol. The summed E-state index contributed by atoms with van der Waals surface area (Å²) < 4.78 is 9.50. The summed E-state index contributed by atoms with van der Waals surface area (Å²) in [5, 5.41) is 0. The van der Waals surface area contributed by atoms with E-state index in [0.717, 1.165) is 0 Å². The second-order valence-electron chi connectivity index (χ2n) is 4.05. The predicted octanol–water partition coefficient (Wildman–Crippen LogP) is 0.995. The molecule has 4 nitrogen and oxygen atoms in total. The third-order valence-electron chi connectivity index (χ3n) is 2.82. The van der Waals surface area contributed by atoms with E-state index < -0.39 is 0 Å². The van der Waals surface area contributed by atoms with Gasteiger partial charge in [0.2, 0.25) is 0 Å². The molecule has 0 aromatic rings. The van der Waals surface area contributed by atoms with Crippen molar-refractivity contribution in [1.82, 2.24) is 0 Å². The van der Waals surface area contributed by atoms with Gasteiger partial charge in [0.1, 0.15) is 0 Å². The van der Waals surface area contributed by atoms with Gasteiger partial charge in [0.25, 0.3) is 0 Å². The molecule has 1 aliphatic carbocycles. The smallest absolute Gasteiger partial charge is 0.310 e. The van der Waals surface area contributed by atoms with Crippen molar-refractivity contribution in [1.29, 1.82) is 0 Å². The lowest BCUT2D eigenvalue weighted by atomic mass is 10.1. The third-order valence-corrected chi connectivity index (χ3v) is 2.82. The summed E-state index contributed by atoms with van der Waals surface area (Å²) in [6.45, 7) is 5.84. The first-order chi connectivity index (χ1) is 6.46. The van der Waals surface area contributed by atoms with Crippen LogP contribution in [0.25, 0.3) is 0 Å². The van der Waals surface area contributed by atoms with Gasteiger partial charge < -0.3 is 9.47 Å². The lowest BCUT2D eigenvalue weighted by Crippen LogP contribution is -2.12. The standard InChI is InChI=1S/C10H16O4/c1-5-14-9(12)7-6(8(11)13-4)10(7,2)3/h6-7H,5H2,1-4H3. The molecule has 14 heavy (non-hydrogen) atoms. The molecular formula is C10H16O4. The average Bonchev–Trinajstić information content (AvgIpc) is 2.68. The highest BCUT2D eigenvalue weighted by Crippen LogP contribution is 2.59. The minimum atomic E-state index is -0.341. The van der Waals surface area contributed by atoms with Crippen LogP contribution in [-0.2, 0) is 19.1 Å². The monoisotopic (exact) mass is 200 g/mol. The number of methoxy groups -OCH3 is 1. The quantitative estimate of drug-likeness (QED) is 0.637. The first kappa shape index (κ1) is 11.0. The summed E-state index contributed by atoms with van der Waals surface area (Å²) in [5.41, 5.74) is -0.320. The van der Waals surface area contributed by atoms with Crippen molar-refractivity contribution in [2.75, 3.05) is 13.7 Å². The Balaban J connectivity index is 2.65. The van der Waals surface area contributed by atoms with E-state index in [2.05, 4.69) is 4.74 Å². The van der Waals surface area contributed by atoms with Crippen LogP contribution in [0.15, 0.2) is 0 Å². The second kappa shape index (κ2) is 3.59. The molecule has 1 fully saturated rings. The minimum absolute atomic E-state index is 0.298. The van der Waals surface area contributed by atoms with E-state index in [-0.39, 0.29) is 29.2 Å². The molecule has 0 amide bonds. The van der Waals surface area contributed by atoms with Crippen molar-refractivity contribution in [3.63, 3.8) is 0 Å². The van der Waals surface area contributed by atoms with Gasteiger partial charge in [0, 0.05) is 0 Å². The van der Waals surface area contributed by atoms with E-state index >= 15 is 0 Å². The van der Waals surface area contributed by atoms with E-state index in [1.54, 1.807) is 6.92 Å². The van der Waals surface area contributed by atoms with Gasteiger partial charge in [-0.3, -0.25) is 9.59 Å². The Hall–Kier alpha value is -1.06. The fourth-order valence-corrected chi connectivity index (χ4v) is 1.88. The van der Waals surface area contributed by atoms with E-state index in [0.29, 0.717) is 6.61 Å². The van der Waals surface area contributed by atoms with Gasteiger partial charge in [-0.2, -0.15) is 0 Å². The third kappa shape index (κ3) is 1.61. The van der Waals surface area contributed by atoms with Crippen LogP contribution in [0, 0.1) is 17.3 Å². The molecule has 2 atom stereocenters. The largest absolute Gasteiger partial charge is 0.469 e. The van der Waals surface area contributed by atoms with Gasteiger partial charge >= 0.3 is 11.9 Å². The Morgan fingerprint density at radius 2 is 1.71 bits per heavy atom. The molecule has 0 aliphatic heterocycles. The van der Waals surface area contributed by atoms with Crippen molar-refractivity contribution < 1.29 is 19.1 Å². The van der Waals surface area contributed by atoms with Crippen LogP contribution in [-0.4, -0.2) is 25.7 Å². The van der Waals surface area contributed by atoms with Crippen LogP contribution < -0.4 is 0 Å². The summed E-state index contributed by atoms with van der Waals surface area (Å²) in [5.74, 6) is -1.30. The Morgan fingerprint density at radius 1 is 1.21 bits per heavy atom. The summed E-state index contributed by atoms with van der Waals surface area (Å²) in [7, 11) is 1.33. The van der Waals surface area contributed by atoms with Crippen molar-refractivity contribution in [3.8, 4) is 0 Å². The van der Waals surface area contributed by atoms with Crippen LogP contribution in [0.2, 0.25) is 0 Å². The van der Waals surface area contributed by atoms with Gasteiger partial charge in [-0.05, 0) is 12.3 Å². The molecule has 0 aromatic carbocycles. The zero-order valence-electron chi connectivity index (χ0n) is 8.99. The second-order valence-corrected chi connectivity index (χ2v) is 4.05. The normalized spacial score (nSPS) is 28.0. The molecule has 2 unspecified atom stereocenters. The molecule has 0 bridgehead atoms. The van der Waals surface area contributed by atoms with Gasteiger partial charge in [-0.15, -0.1) is 0 Å². The molecule has 1 saturated carbocycles. The van der Waals surface area contributed by atoms with Gasteiger partial charge in [0.15, 0.2) is 0 Å². The van der Waals surface area contributed by atoms with Crippen molar-refractivity contribution in [3.05, 3.63) is 0 Å². The predicted molar refractivity (Wildman–Crippen MR) is 49.4 cm³/mol. The Bertz CT molecular complexity index is 257. The van der Waals surface area contributed by atoms with Crippen molar-refractivity contribution in [2.24, 2.45) is 17.3 Å². The summed E-state index contributed by atoms with van der Waals surface area (Å²) in [6.07, 6.45) is 0. The summed E-state index contributed by atoms with van der Waals surface area (Å²) >= 11 is 0. The molecule has 0 aromatic heterocycles. The first-order valence-electron chi connectivity index (χ1n) is 4.71. The number of rotatable bonds is 3. The molecule has 0 N–H and O–H groups in total. The Labute approximate surface area is 83.6 Å². The fourth-order valence-electron chi connectivity index (χ4n) is 1.88. The molecule has 0 saturated heterocycles. The van der Waals surface area contributed by atoms with Crippen molar-refractivity contribution >= 4 is 11.9 Å². The zero-order valence-corrected chi connectivity index (χ0v) is 8.99. The SMILES string of the molecule is CCOC(=O)C1C(C(=O)OC)C1(C)C. The highest BCUT2D eigenvalue weighted by atomic mass is 16.5. The van der Waals surface area contributed by atoms with Gasteiger partial charge in [0.05, 0.1) is 25.6 Å². The molecule has 80 valence electrons. The maximum Gasteiger partial charge on any atom is 0.310 e. The molecule has 0 heterocycles. The van der Waals surface area contributed by atoms with Crippen LogP contribution in [0.5, 0.6) is 0 Å². The number of carbonyl (C=O) groups is 2.